The van der Waals surface area contributed by atoms with Crippen molar-refractivity contribution in [3.8, 4) is 5.69 Å². The second-order valence-electron chi connectivity index (χ2n) is 10.2. The first-order chi connectivity index (χ1) is 19.3. The summed E-state index contributed by atoms with van der Waals surface area (Å²) in [7, 11) is 0. The largest absolute Gasteiger partial charge is 0.309 e. The third-order valence-corrected chi connectivity index (χ3v) is 8.07. The lowest BCUT2D eigenvalue weighted by Crippen LogP contribution is -1.96. The van der Waals surface area contributed by atoms with Crippen LogP contribution in [-0.2, 0) is 0 Å². The van der Waals surface area contributed by atoms with E-state index in [9.17, 15) is 0 Å². The standard InChI is InChI=1S/C19H15N.C18H11N/c1-14-8-2-5-11-17(14)20-18-12-6-3-9-15(18)16-10-4-7-13-19(16)20;1-3-10-16-12(6-1)14-8-5-9-15-13-7-2-4-11-17(13)19(16)18(14)15/h2-13H,1H3;1-11H. The maximum atomic E-state index is 2.40. The molecule has 0 radical (unpaired) electrons. The Kier molecular flexibility index (Phi) is 4.77. The SMILES string of the molecule is Cc1ccccc1-n1c2ccccc2c2ccccc21.c1ccc2c(c1)c1cccc3c4ccccc4n2c13. The van der Waals surface area contributed by atoms with E-state index in [1.54, 1.807) is 0 Å². The number of hydrogen-bond donors (Lipinski definition) is 0. The fraction of sp³-hybridized carbons (Fsp3) is 0.0270. The number of nitrogens with zero attached hydrogens (tertiary/aromatic N) is 2. The zero-order valence-corrected chi connectivity index (χ0v) is 21.7. The highest BCUT2D eigenvalue weighted by molar-refractivity contribution is 6.23. The van der Waals surface area contributed by atoms with Crippen LogP contribution >= 0.6 is 0 Å². The number of rotatable bonds is 1. The van der Waals surface area contributed by atoms with Crippen LogP contribution in [0.1, 0.15) is 5.56 Å². The zero-order chi connectivity index (χ0) is 25.9. The molecule has 0 aliphatic heterocycles. The molecule has 3 aromatic heterocycles. The molecule has 39 heavy (non-hydrogen) atoms. The smallest absolute Gasteiger partial charge is 0.0620 e. The summed E-state index contributed by atoms with van der Waals surface area (Å²) in [6.07, 6.45) is 0. The number of para-hydroxylation sites is 6. The molecule has 0 aliphatic rings. The molecule has 0 saturated heterocycles. The molecule has 0 aliphatic carbocycles. The monoisotopic (exact) mass is 498 g/mol. The minimum absolute atomic E-state index is 1.25. The second kappa shape index (κ2) is 8.47. The summed E-state index contributed by atoms with van der Waals surface area (Å²) in [6, 6.07) is 49.7. The van der Waals surface area contributed by atoms with Gasteiger partial charge in [-0.1, -0.05) is 109 Å². The van der Waals surface area contributed by atoms with Crippen molar-refractivity contribution in [3.05, 3.63) is 145 Å². The fourth-order valence-corrected chi connectivity index (χ4v) is 6.38. The molecule has 9 rings (SSSR count). The lowest BCUT2D eigenvalue weighted by Gasteiger charge is -2.10. The van der Waals surface area contributed by atoms with Crippen LogP contribution in [0.25, 0.3) is 65.6 Å². The third kappa shape index (κ3) is 3.15. The van der Waals surface area contributed by atoms with E-state index in [1.165, 1.54) is 71.2 Å². The highest BCUT2D eigenvalue weighted by atomic mass is 15.0. The van der Waals surface area contributed by atoms with E-state index in [0.717, 1.165) is 0 Å². The van der Waals surface area contributed by atoms with Gasteiger partial charge in [0.15, 0.2) is 0 Å². The molecule has 0 saturated carbocycles. The van der Waals surface area contributed by atoms with E-state index in [2.05, 4.69) is 155 Å². The number of benzene rings is 6. The average Bonchev–Trinajstić information content (AvgIpc) is 3.63. The van der Waals surface area contributed by atoms with E-state index >= 15 is 0 Å². The molecule has 0 spiro atoms. The highest BCUT2D eigenvalue weighted by Crippen LogP contribution is 2.38. The summed E-state index contributed by atoms with van der Waals surface area (Å²) in [5.41, 5.74) is 9.03. The van der Waals surface area contributed by atoms with Gasteiger partial charge in [-0.2, -0.15) is 0 Å². The van der Waals surface area contributed by atoms with E-state index in [-0.39, 0.29) is 0 Å². The van der Waals surface area contributed by atoms with Crippen LogP contribution in [0.5, 0.6) is 0 Å². The van der Waals surface area contributed by atoms with Gasteiger partial charge in [-0.15, -0.1) is 0 Å². The van der Waals surface area contributed by atoms with Crippen LogP contribution < -0.4 is 0 Å². The predicted molar refractivity (Wildman–Crippen MR) is 167 cm³/mol. The van der Waals surface area contributed by atoms with Gasteiger partial charge in [0, 0.05) is 38.0 Å². The predicted octanol–water partition coefficient (Wildman–Crippen LogP) is 9.93. The molecule has 0 fully saturated rings. The molecule has 3 heterocycles. The van der Waals surface area contributed by atoms with Crippen LogP contribution in [0.2, 0.25) is 0 Å². The Morgan fingerprint density at radius 2 is 0.744 bits per heavy atom. The lowest BCUT2D eigenvalue weighted by atomic mass is 10.1. The molecule has 0 atom stereocenters. The molecule has 0 amide bonds. The van der Waals surface area contributed by atoms with Gasteiger partial charge in [0.2, 0.25) is 0 Å². The fourth-order valence-electron chi connectivity index (χ4n) is 6.38. The van der Waals surface area contributed by atoms with Crippen molar-refractivity contribution in [3.63, 3.8) is 0 Å². The Labute approximate surface area is 226 Å². The van der Waals surface area contributed by atoms with Crippen molar-refractivity contribution in [1.29, 1.82) is 0 Å². The number of aromatic nitrogens is 2. The normalized spacial score (nSPS) is 11.7. The topological polar surface area (TPSA) is 9.34 Å². The summed E-state index contributed by atoms with van der Waals surface area (Å²) in [6.45, 7) is 2.17. The van der Waals surface area contributed by atoms with Gasteiger partial charge >= 0.3 is 0 Å². The van der Waals surface area contributed by atoms with Gasteiger partial charge in [0.1, 0.15) is 0 Å². The van der Waals surface area contributed by atoms with Gasteiger partial charge in [-0.05, 0) is 42.8 Å². The van der Waals surface area contributed by atoms with Gasteiger partial charge in [0.05, 0.1) is 27.6 Å². The molecule has 184 valence electrons. The van der Waals surface area contributed by atoms with Crippen LogP contribution in [0.3, 0.4) is 0 Å². The van der Waals surface area contributed by atoms with Gasteiger partial charge in [0.25, 0.3) is 0 Å². The molecule has 2 heteroatoms. The summed E-state index contributed by atoms with van der Waals surface area (Å²) in [5, 5.41) is 8.01. The van der Waals surface area contributed by atoms with E-state index < -0.39 is 0 Å². The summed E-state index contributed by atoms with van der Waals surface area (Å²) in [5.74, 6) is 0. The first-order valence-corrected chi connectivity index (χ1v) is 13.5. The van der Waals surface area contributed by atoms with Crippen molar-refractivity contribution in [2.45, 2.75) is 6.92 Å². The quantitative estimate of drug-likeness (QED) is 0.213. The van der Waals surface area contributed by atoms with Crippen LogP contribution in [0, 0.1) is 6.92 Å². The molecule has 9 aromatic rings. The Balaban J connectivity index is 0.000000121. The van der Waals surface area contributed by atoms with Crippen molar-refractivity contribution in [2.75, 3.05) is 0 Å². The Bertz CT molecular complexity index is 2160. The first-order valence-electron chi connectivity index (χ1n) is 13.5. The molecule has 0 N–H and O–H groups in total. The lowest BCUT2D eigenvalue weighted by molar-refractivity contribution is 1.15. The van der Waals surface area contributed by atoms with Gasteiger partial charge in [-0.25, -0.2) is 0 Å². The number of fused-ring (bicyclic) bond motifs is 9. The van der Waals surface area contributed by atoms with Crippen molar-refractivity contribution < 1.29 is 0 Å². The number of aryl methyl sites for hydroxylation is 1. The maximum Gasteiger partial charge on any atom is 0.0620 e. The molecular weight excluding hydrogens is 472 g/mol. The van der Waals surface area contributed by atoms with Crippen molar-refractivity contribution in [2.24, 2.45) is 0 Å². The second-order valence-corrected chi connectivity index (χ2v) is 10.2. The first kappa shape index (κ1) is 22.0. The Morgan fingerprint density at radius 3 is 1.26 bits per heavy atom. The molecular formula is C37H26N2. The molecule has 2 nitrogen and oxygen atoms in total. The molecule has 0 bridgehead atoms. The Hall–Kier alpha value is -5.08. The van der Waals surface area contributed by atoms with E-state index in [1.807, 2.05) is 0 Å². The van der Waals surface area contributed by atoms with E-state index in [0.29, 0.717) is 0 Å². The zero-order valence-electron chi connectivity index (χ0n) is 21.7. The van der Waals surface area contributed by atoms with Gasteiger partial charge < -0.3 is 8.97 Å². The van der Waals surface area contributed by atoms with Crippen LogP contribution in [0.15, 0.2) is 140 Å². The van der Waals surface area contributed by atoms with Gasteiger partial charge in [-0.3, -0.25) is 0 Å². The summed E-state index contributed by atoms with van der Waals surface area (Å²) < 4.78 is 4.76. The van der Waals surface area contributed by atoms with Crippen molar-refractivity contribution >= 4 is 59.9 Å². The highest BCUT2D eigenvalue weighted by Gasteiger charge is 2.16. The van der Waals surface area contributed by atoms with Crippen molar-refractivity contribution in [1.82, 2.24) is 8.97 Å². The summed E-state index contributed by atoms with van der Waals surface area (Å²) >= 11 is 0. The third-order valence-electron chi connectivity index (χ3n) is 8.07. The Morgan fingerprint density at radius 1 is 0.359 bits per heavy atom. The minimum Gasteiger partial charge on any atom is -0.309 e. The average molecular weight is 499 g/mol. The molecule has 0 unspecified atom stereocenters. The van der Waals surface area contributed by atoms with Crippen LogP contribution in [0.4, 0.5) is 0 Å². The molecule has 6 aromatic carbocycles. The minimum atomic E-state index is 1.25. The maximum absolute atomic E-state index is 2.40. The van der Waals surface area contributed by atoms with Crippen LogP contribution in [-0.4, -0.2) is 8.97 Å². The van der Waals surface area contributed by atoms with E-state index in [4.69, 9.17) is 0 Å². The number of hydrogen-bond acceptors (Lipinski definition) is 0. The summed E-state index contributed by atoms with van der Waals surface area (Å²) in [4.78, 5) is 0.